The van der Waals surface area contributed by atoms with Gasteiger partial charge in [-0.15, -0.1) is 0 Å². The third-order valence-corrected chi connectivity index (χ3v) is 5.82. The number of benzene rings is 1. The van der Waals surface area contributed by atoms with Crippen LogP contribution >= 0.6 is 0 Å². The molecule has 2 aromatic rings. The van der Waals surface area contributed by atoms with E-state index in [-0.39, 0.29) is 11.8 Å². The summed E-state index contributed by atoms with van der Waals surface area (Å²) < 4.78 is 16.2. The van der Waals surface area contributed by atoms with E-state index in [9.17, 15) is 9.59 Å². The van der Waals surface area contributed by atoms with Crippen LogP contribution in [0.5, 0.6) is 17.4 Å². The van der Waals surface area contributed by atoms with Gasteiger partial charge in [0.05, 0.1) is 27.0 Å². The maximum atomic E-state index is 13.4. The zero-order valence-electron chi connectivity index (χ0n) is 20.2. The molecule has 9 heteroatoms. The Labute approximate surface area is 194 Å². The summed E-state index contributed by atoms with van der Waals surface area (Å²) in [6.45, 7) is 8.00. The second kappa shape index (κ2) is 10.4. The van der Waals surface area contributed by atoms with Crippen LogP contribution < -0.4 is 24.0 Å². The van der Waals surface area contributed by atoms with Crippen LogP contribution in [0.2, 0.25) is 0 Å². The van der Waals surface area contributed by atoms with Crippen molar-refractivity contribution in [1.29, 1.82) is 0 Å². The SMILES string of the molecule is CCN(C(=O)N1CCN(c2cc(OC)cc(OC)c2)CC1)c1cc(C(C)=O)c(C)nc1OC. The van der Waals surface area contributed by atoms with Crippen molar-refractivity contribution < 1.29 is 23.8 Å². The lowest BCUT2D eigenvalue weighted by molar-refractivity contribution is 0.101. The number of carbonyl (C=O) groups is 2. The number of ketones is 1. The van der Waals surface area contributed by atoms with Gasteiger partial charge in [-0.1, -0.05) is 0 Å². The number of aryl methyl sites for hydroxylation is 1. The smallest absolute Gasteiger partial charge is 0.324 e. The fraction of sp³-hybridized carbons (Fsp3) is 0.458. The Balaban J connectivity index is 1.79. The molecule has 1 aromatic heterocycles. The number of anilines is 2. The number of piperazine rings is 1. The molecule has 1 aliphatic rings. The number of amides is 2. The Morgan fingerprint density at radius 3 is 2.06 bits per heavy atom. The number of Topliss-reactive ketones (excluding diaryl/α,β-unsaturated/α-hetero) is 1. The summed E-state index contributed by atoms with van der Waals surface area (Å²) in [6.07, 6.45) is 0. The summed E-state index contributed by atoms with van der Waals surface area (Å²) >= 11 is 0. The summed E-state index contributed by atoms with van der Waals surface area (Å²) in [5.74, 6) is 1.67. The normalized spacial score (nSPS) is 13.5. The molecule has 33 heavy (non-hydrogen) atoms. The van der Waals surface area contributed by atoms with Crippen LogP contribution in [0.1, 0.15) is 29.9 Å². The van der Waals surface area contributed by atoms with E-state index in [2.05, 4.69) is 9.88 Å². The van der Waals surface area contributed by atoms with Crippen LogP contribution in [-0.2, 0) is 0 Å². The molecule has 3 rings (SSSR count). The summed E-state index contributed by atoms with van der Waals surface area (Å²) in [6, 6.07) is 7.32. The monoisotopic (exact) mass is 456 g/mol. The Bertz CT molecular complexity index is 996. The van der Waals surface area contributed by atoms with Crippen LogP contribution in [-0.4, -0.2) is 75.8 Å². The second-order valence-corrected chi connectivity index (χ2v) is 7.78. The van der Waals surface area contributed by atoms with Crippen molar-refractivity contribution in [2.24, 2.45) is 0 Å². The van der Waals surface area contributed by atoms with Crippen LogP contribution in [0.25, 0.3) is 0 Å². The average molecular weight is 457 g/mol. The summed E-state index contributed by atoms with van der Waals surface area (Å²) in [4.78, 5) is 35.5. The molecule has 1 fully saturated rings. The van der Waals surface area contributed by atoms with Crippen molar-refractivity contribution in [1.82, 2.24) is 9.88 Å². The molecule has 0 N–H and O–H groups in total. The van der Waals surface area contributed by atoms with Gasteiger partial charge in [0.1, 0.15) is 17.2 Å². The highest BCUT2D eigenvalue weighted by atomic mass is 16.5. The van der Waals surface area contributed by atoms with Crippen LogP contribution in [0.15, 0.2) is 24.3 Å². The minimum Gasteiger partial charge on any atom is -0.497 e. The maximum Gasteiger partial charge on any atom is 0.324 e. The Morgan fingerprint density at radius 1 is 0.970 bits per heavy atom. The number of aromatic nitrogens is 1. The van der Waals surface area contributed by atoms with Gasteiger partial charge in [-0.2, -0.15) is 0 Å². The predicted molar refractivity (Wildman–Crippen MR) is 127 cm³/mol. The molecule has 0 bridgehead atoms. The summed E-state index contributed by atoms with van der Waals surface area (Å²) in [7, 11) is 4.76. The van der Waals surface area contributed by atoms with E-state index >= 15 is 0 Å². The van der Waals surface area contributed by atoms with Gasteiger partial charge in [0.25, 0.3) is 0 Å². The number of hydrogen-bond donors (Lipinski definition) is 0. The van der Waals surface area contributed by atoms with Gasteiger partial charge in [0, 0.05) is 62.2 Å². The van der Waals surface area contributed by atoms with Crippen molar-refractivity contribution in [3.63, 3.8) is 0 Å². The first-order valence-electron chi connectivity index (χ1n) is 10.9. The molecule has 0 saturated carbocycles. The van der Waals surface area contributed by atoms with Crippen LogP contribution in [0.3, 0.4) is 0 Å². The molecular weight excluding hydrogens is 424 g/mol. The number of urea groups is 1. The van der Waals surface area contributed by atoms with Gasteiger partial charge >= 0.3 is 6.03 Å². The molecule has 1 saturated heterocycles. The van der Waals surface area contributed by atoms with Crippen molar-refractivity contribution in [2.75, 3.05) is 63.9 Å². The predicted octanol–water partition coefficient (Wildman–Crippen LogP) is 3.39. The zero-order valence-corrected chi connectivity index (χ0v) is 20.2. The van der Waals surface area contributed by atoms with E-state index in [1.807, 2.05) is 30.0 Å². The number of nitrogens with zero attached hydrogens (tertiary/aromatic N) is 4. The number of rotatable bonds is 7. The van der Waals surface area contributed by atoms with Gasteiger partial charge in [-0.05, 0) is 26.8 Å². The first kappa shape index (κ1) is 24.2. The van der Waals surface area contributed by atoms with Gasteiger partial charge in [-0.3, -0.25) is 9.69 Å². The maximum absolute atomic E-state index is 13.4. The fourth-order valence-corrected chi connectivity index (χ4v) is 3.98. The minimum absolute atomic E-state index is 0.102. The first-order valence-corrected chi connectivity index (χ1v) is 10.9. The lowest BCUT2D eigenvalue weighted by atomic mass is 10.1. The lowest BCUT2D eigenvalue weighted by Crippen LogP contribution is -2.53. The number of methoxy groups -OCH3 is 3. The Kier molecular flexibility index (Phi) is 7.63. The average Bonchev–Trinajstić information content (AvgIpc) is 2.84. The topological polar surface area (TPSA) is 84.4 Å². The molecule has 0 atom stereocenters. The molecule has 1 aromatic carbocycles. The quantitative estimate of drug-likeness (QED) is 0.591. The molecule has 0 spiro atoms. The number of carbonyl (C=O) groups excluding carboxylic acids is 2. The van der Waals surface area contributed by atoms with E-state index in [1.165, 1.54) is 14.0 Å². The van der Waals surface area contributed by atoms with E-state index in [0.717, 1.165) is 17.2 Å². The zero-order chi connectivity index (χ0) is 24.1. The number of ether oxygens (including phenoxy) is 3. The third kappa shape index (κ3) is 5.13. The highest BCUT2D eigenvalue weighted by Crippen LogP contribution is 2.31. The highest BCUT2D eigenvalue weighted by molar-refractivity contribution is 5.99. The van der Waals surface area contributed by atoms with Crippen molar-refractivity contribution >= 4 is 23.2 Å². The standard InChI is InChI=1S/C24H32N4O5/c1-7-28(22-15-21(17(3)29)16(2)25-23(22)33-6)24(30)27-10-8-26(9-11-27)18-12-19(31-4)14-20(13-18)32-5/h12-15H,7-11H2,1-6H3. The van der Waals surface area contributed by atoms with Gasteiger partial charge in [0.2, 0.25) is 5.88 Å². The molecule has 2 amide bonds. The van der Waals surface area contributed by atoms with Gasteiger partial charge in [-0.25, -0.2) is 9.78 Å². The largest absolute Gasteiger partial charge is 0.497 e. The van der Waals surface area contributed by atoms with E-state index < -0.39 is 0 Å². The van der Waals surface area contributed by atoms with E-state index in [4.69, 9.17) is 14.2 Å². The molecule has 178 valence electrons. The molecule has 9 nitrogen and oxygen atoms in total. The van der Waals surface area contributed by atoms with E-state index in [0.29, 0.717) is 55.5 Å². The van der Waals surface area contributed by atoms with Crippen LogP contribution in [0, 0.1) is 6.92 Å². The highest BCUT2D eigenvalue weighted by Gasteiger charge is 2.29. The molecule has 0 radical (unpaired) electrons. The van der Waals surface area contributed by atoms with Crippen molar-refractivity contribution in [3.8, 4) is 17.4 Å². The molecular formula is C24H32N4O5. The Hall–Kier alpha value is -3.49. The van der Waals surface area contributed by atoms with Crippen molar-refractivity contribution in [3.05, 3.63) is 35.5 Å². The Morgan fingerprint density at radius 2 is 1.58 bits per heavy atom. The van der Waals surface area contributed by atoms with E-state index in [1.54, 1.807) is 32.1 Å². The molecule has 0 unspecified atom stereocenters. The number of pyridine rings is 1. The summed E-state index contributed by atoms with van der Waals surface area (Å²) in [5, 5.41) is 0. The lowest BCUT2D eigenvalue weighted by Gasteiger charge is -2.38. The van der Waals surface area contributed by atoms with Gasteiger partial charge in [0.15, 0.2) is 5.78 Å². The third-order valence-electron chi connectivity index (χ3n) is 5.82. The van der Waals surface area contributed by atoms with Crippen molar-refractivity contribution in [2.45, 2.75) is 20.8 Å². The number of hydrogen-bond acceptors (Lipinski definition) is 7. The minimum atomic E-state index is -0.140. The fourth-order valence-electron chi connectivity index (χ4n) is 3.98. The molecule has 1 aliphatic heterocycles. The first-order chi connectivity index (χ1) is 15.8. The molecule has 0 aliphatic carbocycles. The van der Waals surface area contributed by atoms with Gasteiger partial charge < -0.3 is 24.0 Å². The molecule has 2 heterocycles. The van der Waals surface area contributed by atoms with Crippen LogP contribution in [0.4, 0.5) is 16.2 Å². The summed E-state index contributed by atoms with van der Waals surface area (Å²) in [5.41, 5.74) is 2.55. The second-order valence-electron chi connectivity index (χ2n) is 7.78.